The fourth-order valence-corrected chi connectivity index (χ4v) is 4.13. The maximum Gasteiger partial charge on any atom is 0.408 e. The predicted molar refractivity (Wildman–Crippen MR) is 144 cm³/mol. The van der Waals surface area contributed by atoms with E-state index in [1.807, 2.05) is 74.5 Å². The molecule has 1 atom stereocenters. The highest BCUT2D eigenvalue weighted by molar-refractivity contribution is 6.00. The highest BCUT2D eigenvalue weighted by atomic mass is 16.6. The monoisotopic (exact) mass is 505 g/mol. The molecule has 1 unspecified atom stereocenters. The number of fused-ring (bicyclic) bond motifs is 1. The molecule has 0 saturated heterocycles. The normalized spacial score (nSPS) is 12.1. The summed E-state index contributed by atoms with van der Waals surface area (Å²) in [5.74, 6) is -0.958. The number of aliphatic hydroxyl groups excluding tert-OH is 1. The summed E-state index contributed by atoms with van der Waals surface area (Å²) < 4.78 is 5.22. The van der Waals surface area contributed by atoms with E-state index in [1.165, 1.54) is 4.90 Å². The summed E-state index contributed by atoms with van der Waals surface area (Å²) in [7, 11) is 0. The van der Waals surface area contributed by atoms with Crippen LogP contribution in [0.4, 0.5) is 10.5 Å². The van der Waals surface area contributed by atoms with Gasteiger partial charge in [0.25, 0.3) is 5.91 Å². The van der Waals surface area contributed by atoms with E-state index in [-0.39, 0.29) is 19.7 Å². The SMILES string of the molecule is Cc1ccc(C(C(=O)Nc2ccc3ccccc3c2)N(CCO)C(=O)CNC(=O)OC(C)(C)C)c(C)c1. The lowest BCUT2D eigenvalue weighted by Crippen LogP contribution is -2.47. The number of hydrogen-bond acceptors (Lipinski definition) is 5. The maximum absolute atomic E-state index is 13.7. The minimum absolute atomic E-state index is 0.0993. The lowest BCUT2D eigenvalue weighted by Gasteiger charge is -2.32. The molecule has 0 aliphatic carbocycles. The molecule has 0 aliphatic rings. The number of aryl methyl sites for hydroxylation is 2. The fraction of sp³-hybridized carbons (Fsp3) is 0.345. The van der Waals surface area contributed by atoms with Crippen LogP contribution in [0.5, 0.6) is 0 Å². The molecule has 0 aromatic heterocycles. The molecule has 8 heteroatoms. The molecule has 3 aromatic rings. The molecular formula is C29H35N3O5. The number of carbonyl (C=O) groups is 3. The van der Waals surface area contributed by atoms with Gasteiger partial charge in [-0.2, -0.15) is 0 Å². The second-order valence-electron chi connectivity index (χ2n) is 9.98. The molecule has 3 rings (SSSR count). The molecular weight excluding hydrogens is 470 g/mol. The van der Waals surface area contributed by atoms with Crippen molar-refractivity contribution in [2.45, 2.75) is 46.3 Å². The highest BCUT2D eigenvalue weighted by Crippen LogP contribution is 2.28. The van der Waals surface area contributed by atoms with Crippen LogP contribution >= 0.6 is 0 Å². The van der Waals surface area contributed by atoms with Gasteiger partial charge in [-0.3, -0.25) is 9.59 Å². The van der Waals surface area contributed by atoms with Crippen molar-refractivity contribution < 1.29 is 24.2 Å². The Morgan fingerprint density at radius 1 is 0.973 bits per heavy atom. The van der Waals surface area contributed by atoms with Gasteiger partial charge >= 0.3 is 6.09 Å². The Morgan fingerprint density at radius 3 is 2.32 bits per heavy atom. The number of anilines is 1. The molecule has 3 N–H and O–H groups in total. The predicted octanol–water partition coefficient (Wildman–Crippen LogP) is 4.48. The standard InChI is InChI=1S/C29H35N3O5/c1-19-10-13-24(20(2)16-19)26(27(35)31-23-12-11-21-8-6-7-9-22(21)17-23)32(14-15-33)25(34)18-30-28(36)37-29(3,4)5/h6-13,16-17,26,33H,14-15,18H2,1-5H3,(H,30,36)(H,31,35). The average molecular weight is 506 g/mol. The summed E-state index contributed by atoms with van der Waals surface area (Å²) in [5.41, 5.74) is 2.33. The van der Waals surface area contributed by atoms with Gasteiger partial charge in [-0.15, -0.1) is 0 Å². The molecule has 0 radical (unpaired) electrons. The van der Waals surface area contributed by atoms with Gasteiger partial charge in [0.2, 0.25) is 5.91 Å². The fourth-order valence-electron chi connectivity index (χ4n) is 4.13. The zero-order valence-electron chi connectivity index (χ0n) is 22.0. The third-order valence-electron chi connectivity index (χ3n) is 5.74. The first-order valence-corrected chi connectivity index (χ1v) is 12.2. The number of aliphatic hydroxyl groups is 1. The van der Waals surface area contributed by atoms with Gasteiger partial charge in [0.05, 0.1) is 6.61 Å². The van der Waals surface area contributed by atoms with Gasteiger partial charge in [0.15, 0.2) is 0 Å². The molecule has 3 aromatic carbocycles. The summed E-state index contributed by atoms with van der Waals surface area (Å²) in [5, 5.41) is 17.2. The van der Waals surface area contributed by atoms with Crippen molar-refractivity contribution in [1.82, 2.24) is 10.2 Å². The Balaban J connectivity index is 1.92. The number of benzene rings is 3. The molecule has 0 bridgehead atoms. The molecule has 0 aliphatic heterocycles. The maximum atomic E-state index is 13.7. The minimum Gasteiger partial charge on any atom is -0.444 e. The van der Waals surface area contributed by atoms with Gasteiger partial charge in [0.1, 0.15) is 18.2 Å². The number of nitrogens with one attached hydrogen (secondary N) is 2. The molecule has 37 heavy (non-hydrogen) atoms. The molecule has 0 fully saturated rings. The van der Waals surface area contributed by atoms with Crippen LogP contribution in [0.2, 0.25) is 0 Å². The summed E-state index contributed by atoms with van der Waals surface area (Å²) >= 11 is 0. The molecule has 196 valence electrons. The summed E-state index contributed by atoms with van der Waals surface area (Å²) in [4.78, 5) is 40.4. The van der Waals surface area contributed by atoms with Crippen molar-refractivity contribution in [3.05, 3.63) is 77.4 Å². The first-order valence-electron chi connectivity index (χ1n) is 12.2. The highest BCUT2D eigenvalue weighted by Gasteiger charge is 2.32. The largest absolute Gasteiger partial charge is 0.444 e. The number of amides is 3. The van der Waals surface area contributed by atoms with E-state index in [0.29, 0.717) is 11.3 Å². The van der Waals surface area contributed by atoms with E-state index < -0.39 is 29.6 Å². The van der Waals surface area contributed by atoms with Crippen molar-refractivity contribution in [2.75, 3.05) is 25.0 Å². The van der Waals surface area contributed by atoms with Crippen molar-refractivity contribution in [1.29, 1.82) is 0 Å². The van der Waals surface area contributed by atoms with Gasteiger partial charge in [0, 0.05) is 12.2 Å². The lowest BCUT2D eigenvalue weighted by atomic mass is 9.96. The second kappa shape index (κ2) is 11.9. The van der Waals surface area contributed by atoms with Crippen molar-refractivity contribution >= 4 is 34.4 Å². The third-order valence-corrected chi connectivity index (χ3v) is 5.74. The van der Waals surface area contributed by atoms with E-state index in [2.05, 4.69) is 10.6 Å². The topological polar surface area (TPSA) is 108 Å². The van der Waals surface area contributed by atoms with Crippen LogP contribution in [-0.2, 0) is 14.3 Å². The van der Waals surface area contributed by atoms with Crippen LogP contribution in [0.15, 0.2) is 60.7 Å². The van der Waals surface area contributed by atoms with E-state index in [9.17, 15) is 19.5 Å². The number of alkyl carbamates (subject to hydrolysis) is 1. The Hall–Kier alpha value is -3.91. The van der Waals surface area contributed by atoms with Crippen LogP contribution < -0.4 is 10.6 Å². The Bertz CT molecular complexity index is 1280. The molecule has 0 heterocycles. The zero-order valence-corrected chi connectivity index (χ0v) is 22.0. The lowest BCUT2D eigenvalue weighted by molar-refractivity contribution is -0.138. The third kappa shape index (κ3) is 7.54. The van der Waals surface area contributed by atoms with E-state index in [0.717, 1.165) is 21.9 Å². The quantitative estimate of drug-likeness (QED) is 0.418. The van der Waals surface area contributed by atoms with E-state index >= 15 is 0 Å². The van der Waals surface area contributed by atoms with Crippen molar-refractivity contribution in [3.8, 4) is 0 Å². The van der Waals surface area contributed by atoms with Crippen LogP contribution in [0.25, 0.3) is 10.8 Å². The molecule has 3 amide bonds. The van der Waals surface area contributed by atoms with Crippen LogP contribution in [0.3, 0.4) is 0 Å². The van der Waals surface area contributed by atoms with Gasteiger partial charge in [-0.25, -0.2) is 4.79 Å². The van der Waals surface area contributed by atoms with Crippen LogP contribution in [0.1, 0.15) is 43.5 Å². The second-order valence-corrected chi connectivity index (χ2v) is 9.98. The number of ether oxygens (including phenoxy) is 1. The van der Waals surface area contributed by atoms with E-state index in [1.54, 1.807) is 20.8 Å². The van der Waals surface area contributed by atoms with Gasteiger partial charge in [-0.1, -0.05) is 54.1 Å². The summed E-state index contributed by atoms with van der Waals surface area (Å²) in [6.45, 7) is 8.14. The van der Waals surface area contributed by atoms with Crippen molar-refractivity contribution in [3.63, 3.8) is 0 Å². The summed E-state index contributed by atoms with van der Waals surface area (Å²) in [6.07, 6.45) is -0.742. The minimum atomic E-state index is -1.04. The molecule has 0 saturated carbocycles. The van der Waals surface area contributed by atoms with Crippen LogP contribution in [-0.4, -0.2) is 53.2 Å². The Morgan fingerprint density at radius 2 is 1.68 bits per heavy atom. The smallest absolute Gasteiger partial charge is 0.408 e. The zero-order chi connectivity index (χ0) is 27.2. The number of hydrogen-bond donors (Lipinski definition) is 3. The number of carbonyl (C=O) groups excluding carboxylic acids is 3. The number of rotatable bonds is 8. The van der Waals surface area contributed by atoms with Crippen LogP contribution in [0, 0.1) is 13.8 Å². The van der Waals surface area contributed by atoms with Gasteiger partial charge in [-0.05, 0) is 68.7 Å². The molecule has 8 nitrogen and oxygen atoms in total. The van der Waals surface area contributed by atoms with Crippen molar-refractivity contribution in [2.24, 2.45) is 0 Å². The first kappa shape index (κ1) is 27.7. The van der Waals surface area contributed by atoms with Gasteiger partial charge < -0.3 is 25.4 Å². The Kier molecular flexibility index (Phi) is 8.89. The first-order chi connectivity index (χ1) is 17.5. The number of nitrogens with zero attached hydrogens (tertiary/aromatic N) is 1. The average Bonchev–Trinajstić information content (AvgIpc) is 2.82. The Labute approximate surface area is 217 Å². The molecule has 0 spiro atoms. The summed E-state index contributed by atoms with van der Waals surface area (Å²) in [6, 6.07) is 18.0. The van der Waals surface area contributed by atoms with E-state index in [4.69, 9.17) is 4.74 Å².